The van der Waals surface area contributed by atoms with E-state index in [9.17, 15) is 4.79 Å². The average molecular weight is 261 g/mol. The van der Waals surface area contributed by atoms with Crippen LogP contribution in [0.5, 0.6) is 0 Å². The monoisotopic (exact) mass is 261 g/mol. The van der Waals surface area contributed by atoms with E-state index in [2.05, 4.69) is 10.3 Å². The van der Waals surface area contributed by atoms with Crippen LogP contribution in [0, 0.1) is 11.3 Å². The Morgan fingerprint density at radius 3 is 2.90 bits per heavy atom. The van der Waals surface area contributed by atoms with Crippen molar-refractivity contribution in [1.82, 2.24) is 4.98 Å². The molecule has 2 N–H and O–H groups in total. The van der Waals surface area contributed by atoms with Crippen molar-refractivity contribution in [2.24, 2.45) is 0 Å². The Bertz CT molecular complexity index is 827. The van der Waals surface area contributed by atoms with E-state index in [1.807, 2.05) is 36.5 Å². The fraction of sp³-hybridized carbons (Fsp3) is 0. The molecule has 0 bridgehead atoms. The second kappa shape index (κ2) is 4.90. The summed E-state index contributed by atoms with van der Waals surface area (Å²) < 4.78 is 0. The second-order valence-electron chi connectivity index (χ2n) is 4.43. The standard InChI is InChI=1S/C16H11N3O/c17-10-11-2-1-3-13(8-11)16(20)19-14-4-5-15-12(9-14)6-7-18-15/h1-9,18H,(H,19,20). The van der Waals surface area contributed by atoms with Crippen LogP contribution in [-0.4, -0.2) is 10.9 Å². The molecule has 1 amide bonds. The van der Waals surface area contributed by atoms with E-state index in [0.29, 0.717) is 11.1 Å². The van der Waals surface area contributed by atoms with Gasteiger partial charge in [0.05, 0.1) is 11.6 Å². The van der Waals surface area contributed by atoms with Gasteiger partial charge in [-0.15, -0.1) is 0 Å². The van der Waals surface area contributed by atoms with Gasteiger partial charge in [-0.2, -0.15) is 5.26 Å². The third kappa shape index (κ3) is 2.25. The van der Waals surface area contributed by atoms with Crippen LogP contribution < -0.4 is 5.32 Å². The molecule has 0 aliphatic heterocycles. The highest BCUT2D eigenvalue weighted by Gasteiger charge is 2.07. The zero-order valence-corrected chi connectivity index (χ0v) is 10.6. The molecule has 0 spiro atoms. The first kappa shape index (κ1) is 12.0. The zero-order chi connectivity index (χ0) is 13.9. The average Bonchev–Trinajstić information content (AvgIpc) is 2.95. The molecule has 1 heterocycles. The number of benzene rings is 2. The van der Waals surface area contributed by atoms with E-state index in [1.54, 1.807) is 24.3 Å². The van der Waals surface area contributed by atoms with Gasteiger partial charge in [0.15, 0.2) is 0 Å². The van der Waals surface area contributed by atoms with Gasteiger partial charge in [0, 0.05) is 28.4 Å². The molecule has 0 unspecified atom stereocenters. The number of H-pyrrole nitrogens is 1. The number of anilines is 1. The van der Waals surface area contributed by atoms with Gasteiger partial charge in [0.1, 0.15) is 0 Å². The summed E-state index contributed by atoms with van der Waals surface area (Å²) in [6.45, 7) is 0. The molecule has 0 aliphatic rings. The van der Waals surface area contributed by atoms with Crippen molar-refractivity contribution in [3.05, 3.63) is 65.9 Å². The Hall–Kier alpha value is -3.06. The number of nitrogens with one attached hydrogen (secondary N) is 2. The van der Waals surface area contributed by atoms with Crippen molar-refractivity contribution in [2.45, 2.75) is 0 Å². The predicted octanol–water partition coefficient (Wildman–Crippen LogP) is 3.29. The Morgan fingerprint density at radius 2 is 2.05 bits per heavy atom. The normalized spacial score (nSPS) is 10.2. The number of rotatable bonds is 2. The molecular formula is C16H11N3O. The number of hydrogen-bond donors (Lipinski definition) is 2. The van der Waals surface area contributed by atoms with Crippen LogP contribution in [0.25, 0.3) is 10.9 Å². The Labute approximate surface area is 115 Å². The molecule has 0 atom stereocenters. The minimum absolute atomic E-state index is 0.225. The predicted molar refractivity (Wildman–Crippen MR) is 77.4 cm³/mol. The maximum Gasteiger partial charge on any atom is 0.255 e. The van der Waals surface area contributed by atoms with Gasteiger partial charge in [-0.05, 0) is 42.5 Å². The molecule has 0 fully saturated rings. The molecule has 4 nitrogen and oxygen atoms in total. The van der Waals surface area contributed by atoms with E-state index in [0.717, 1.165) is 16.6 Å². The summed E-state index contributed by atoms with van der Waals surface area (Å²) >= 11 is 0. The smallest absolute Gasteiger partial charge is 0.255 e. The van der Waals surface area contributed by atoms with Gasteiger partial charge in [0.25, 0.3) is 5.91 Å². The summed E-state index contributed by atoms with van der Waals surface area (Å²) in [5.41, 5.74) is 2.69. The van der Waals surface area contributed by atoms with E-state index in [4.69, 9.17) is 5.26 Å². The molecule has 2 aromatic carbocycles. The molecule has 0 saturated carbocycles. The lowest BCUT2D eigenvalue weighted by Crippen LogP contribution is -2.11. The number of nitrogens with zero attached hydrogens (tertiary/aromatic N) is 1. The largest absolute Gasteiger partial charge is 0.361 e. The Morgan fingerprint density at radius 1 is 1.15 bits per heavy atom. The highest BCUT2D eigenvalue weighted by molar-refractivity contribution is 6.05. The van der Waals surface area contributed by atoms with Crippen molar-refractivity contribution < 1.29 is 4.79 Å². The van der Waals surface area contributed by atoms with Crippen LogP contribution in [0.1, 0.15) is 15.9 Å². The number of fused-ring (bicyclic) bond motifs is 1. The van der Waals surface area contributed by atoms with E-state index >= 15 is 0 Å². The van der Waals surface area contributed by atoms with Crippen LogP contribution in [0.2, 0.25) is 0 Å². The lowest BCUT2D eigenvalue weighted by Gasteiger charge is -2.05. The molecule has 1 aromatic heterocycles. The van der Waals surface area contributed by atoms with Crippen molar-refractivity contribution in [3.63, 3.8) is 0 Å². The van der Waals surface area contributed by atoms with E-state index < -0.39 is 0 Å². The van der Waals surface area contributed by atoms with Gasteiger partial charge in [-0.1, -0.05) is 6.07 Å². The van der Waals surface area contributed by atoms with Crippen molar-refractivity contribution in [3.8, 4) is 6.07 Å². The number of aromatic nitrogens is 1. The fourth-order valence-corrected chi connectivity index (χ4v) is 2.06. The molecule has 96 valence electrons. The van der Waals surface area contributed by atoms with Crippen molar-refractivity contribution in [2.75, 3.05) is 5.32 Å². The van der Waals surface area contributed by atoms with Crippen LogP contribution in [0.3, 0.4) is 0 Å². The molecule has 3 aromatic rings. The third-order valence-corrected chi connectivity index (χ3v) is 3.07. The number of hydrogen-bond acceptors (Lipinski definition) is 2. The van der Waals surface area contributed by atoms with Crippen LogP contribution in [0.4, 0.5) is 5.69 Å². The second-order valence-corrected chi connectivity index (χ2v) is 4.43. The van der Waals surface area contributed by atoms with Crippen LogP contribution in [-0.2, 0) is 0 Å². The minimum atomic E-state index is -0.225. The Kier molecular flexibility index (Phi) is 2.94. The molecule has 4 heteroatoms. The summed E-state index contributed by atoms with van der Waals surface area (Å²) in [4.78, 5) is 15.2. The fourth-order valence-electron chi connectivity index (χ4n) is 2.06. The number of amides is 1. The third-order valence-electron chi connectivity index (χ3n) is 3.07. The molecule has 0 radical (unpaired) electrons. The number of nitriles is 1. The highest BCUT2D eigenvalue weighted by Crippen LogP contribution is 2.18. The van der Waals surface area contributed by atoms with E-state index in [-0.39, 0.29) is 5.91 Å². The molecular weight excluding hydrogens is 250 g/mol. The summed E-state index contributed by atoms with van der Waals surface area (Å²) in [5.74, 6) is -0.225. The van der Waals surface area contributed by atoms with Gasteiger partial charge < -0.3 is 10.3 Å². The zero-order valence-electron chi connectivity index (χ0n) is 10.6. The van der Waals surface area contributed by atoms with E-state index in [1.165, 1.54) is 0 Å². The first-order valence-electron chi connectivity index (χ1n) is 6.15. The first-order valence-corrected chi connectivity index (χ1v) is 6.15. The lowest BCUT2D eigenvalue weighted by atomic mass is 10.1. The maximum atomic E-state index is 12.1. The highest BCUT2D eigenvalue weighted by atomic mass is 16.1. The molecule has 3 rings (SSSR count). The summed E-state index contributed by atoms with van der Waals surface area (Å²) in [7, 11) is 0. The lowest BCUT2D eigenvalue weighted by molar-refractivity contribution is 0.102. The van der Waals surface area contributed by atoms with Crippen molar-refractivity contribution >= 4 is 22.5 Å². The first-order chi connectivity index (χ1) is 9.76. The van der Waals surface area contributed by atoms with Gasteiger partial charge in [-0.3, -0.25) is 4.79 Å². The SMILES string of the molecule is N#Cc1cccc(C(=O)Nc2ccc3[nH]ccc3c2)c1. The van der Waals surface area contributed by atoms with Gasteiger partial charge in [-0.25, -0.2) is 0 Å². The Balaban J connectivity index is 1.86. The van der Waals surface area contributed by atoms with Crippen molar-refractivity contribution in [1.29, 1.82) is 5.26 Å². The summed E-state index contributed by atoms with van der Waals surface area (Å²) in [6, 6.07) is 16.2. The topological polar surface area (TPSA) is 68.7 Å². The molecule has 20 heavy (non-hydrogen) atoms. The maximum absolute atomic E-state index is 12.1. The molecule has 0 saturated heterocycles. The number of carbonyl (C=O) groups is 1. The summed E-state index contributed by atoms with van der Waals surface area (Å²) in [6.07, 6.45) is 1.85. The quantitative estimate of drug-likeness (QED) is 0.743. The minimum Gasteiger partial charge on any atom is -0.361 e. The molecule has 0 aliphatic carbocycles. The van der Waals surface area contributed by atoms with Gasteiger partial charge in [0.2, 0.25) is 0 Å². The number of carbonyl (C=O) groups excluding carboxylic acids is 1. The summed E-state index contributed by atoms with van der Waals surface area (Å²) in [5, 5.41) is 12.7. The number of aromatic amines is 1. The van der Waals surface area contributed by atoms with Crippen LogP contribution >= 0.6 is 0 Å². The van der Waals surface area contributed by atoms with Crippen LogP contribution in [0.15, 0.2) is 54.7 Å². The van der Waals surface area contributed by atoms with Gasteiger partial charge >= 0.3 is 0 Å².